The van der Waals surface area contributed by atoms with Crippen LogP contribution in [0.3, 0.4) is 0 Å². The number of amides is 2. The molecule has 3 aromatic rings. The van der Waals surface area contributed by atoms with Crippen LogP contribution in [0.1, 0.15) is 40.5 Å². The Morgan fingerprint density at radius 3 is 2.25 bits per heavy atom. The highest BCUT2D eigenvalue weighted by Crippen LogP contribution is 2.24. The van der Waals surface area contributed by atoms with Gasteiger partial charge in [0.15, 0.2) is 0 Å². The Morgan fingerprint density at radius 1 is 0.929 bits per heavy atom. The van der Waals surface area contributed by atoms with Gasteiger partial charge in [-0.05, 0) is 53.6 Å². The number of hydrogen-bond donors (Lipinski definition) is 3. The summed E-state index contributed by atoms with van der Waals surface area (Å²) in [6, 6.07) is 17.1. The maximum absolute atomic E-state index is 12.3. The molecule has 6 heteroatoms. The Bertz CT molecular complexity index is 983. The molecule has 0 bridgehead atoms. The molecule has 3 aromatic carbocycles. The van der Waals surface area contributed by atoms with E-state index < -0.39 is 11.8 Å². The normalized spacial score (nSPS) is 10.5. The van der Waals surface area contributed by atoms with Crippen LogP contribution in [0.15, 0.2) is 60.7 Å². The lowest BCUT2D eigenvalue weighted by Gasteiger charge is -2.10. The monoisotopic (exact) mass is 378 g/mol. The number of phenols is 1. The average molecular weight is 378 g/mol. The summed E-state index contributed by atoms with van der Waals surface area (Å²) in [7, 11) is 0. The highest BCUT2D eigenvalue weighted by molar-refractivity contribution is 6.03. The third-order valence-electron chi connectivity index (χ3n) is 4.28. The Morgan fingerprint density at radius 2 is 1.57 bits per heavy atom. The summed E-state index contributed by atoms with van der Waals surface area (Å²) < 4.78 is 5.56. The number of benzene rings is 3. The summed E-state index contributed by atoms with van der Waals surface area (Å²) in [4.78, 5) is 24.6. The fourth-order valence-corrected chi connectivity index (χ4v) is 2.70. The second-order valence-corrected chi connectivity index (χ2v) is 6.35. The first kappa shape index (κ1) is 19.2. The third kappa shape index (κ3) is 4.59. The first-order valence-corrected chi connectivity index (χ1v) is 9.14. The van der Waals surface area contributed by atoms with E-state index in [0.29, 0.717) is 17.9 Å². The zero-order chi connectivity index (χ0) is 19.9. The van der Waals surface area contributed by atoms with Gasteiger partial charge in [-0.1, -0.05) is 37.6 Å². The molecular formula is C22H22N2O4. The van der Waals surface area contributed by atoms with Crippen LogP contribution in [0.4, 0.5) is 0 Å². The Kier molecular flexibility index (Phi) is 6.11. The SMILES string of the molecule is CCCCOc1ccc(C(=O)NNC(=O)c2cc3ccccc3cc2O)cc1. The predicted molar refractivity (Wildman–Crippen MR) is 107 cm³/mol. The van der Waals surface area contributed by atoms with Crippen molar-refractivity contribution in [3.63, 3.8) is 0 Å². The molecule has 3 N–H and O–H groups in total. The number of rotatable bonds is 6. The summed E-state index contributed by atoms with van der Waals surface area (Å²) in [6.45, 7) is 2.72. The number of nitrogens with one attached hydrogen (secondary N) is 2. The molecule has 0 heterocycles. The molecule has 0 saturated carbocycles. The molecule has 0 aliphatic rings. The molecular weight excluding hydrogens is 356 g/mol. The van der Waals surface area contributed by atoms with E-state index in [0.717, 1.165) is 23.6 Å². The summed E-state index contributed by atoms with van der Waals surface area (Å²) >= 11 is 0. The molecule has 2 amide bonds. The van der Waals surface area contributed by atoms with Gasteiger partial charge in [-0.2, -0.15) is 0 Å². The van der Waals surface area contributed by atoms with Crippen LogP contribution in [-0.4, -0.2) is 23.5 Å². The summed E-state index contributed by atoms with van der Waals surface area (Å²) in [5.41, 5.74) is 5.15. The lowest BCUT2D eigenvalue weighted by molar-refractivity contribution is 0.0845. The van der Waals surface area contributed by atoms with Crippen LogP contribution >= 0.6 is 0 Å². The van der Waals surface area contributed by atoms with Gasteiger partial charge in [-0.15, -0.1) is 0 Å². The number of hydrazine groups is 1. The molecule has 0 aliphatic carbocycles. The Labute approximate surface area is 163 Å². The van der Waals surface area contributed by atoms with Crippen molar-refractivity contribution in [2.24, 2.45) is 0 Å². The van der Waals surface area contributed by atoms with Crippen molar-refractivity contribution in [1.82, 2.24) is 10.9 Å². The van der Waals surface area contributed by atoms with Gasteiger partial charge in [-0.3, -0.25) is 20.4 Å². The van der Waals surface area contributed by atoms with E-state index in [9.17, 15) is 14.7 Å². The largest absolute Gasteiger partial charge is 0.507 e. The maximum Gasteiger partial charge on any atom is 0.273 e. The molecule has 0 atom stereocenters. The van der Waals surface area contributed by atoms with Gasteiger partial charge in [0.05, 0.1) is 12.2 Å². The van der Waals surface area contributed by atoms with Crippen LogP contribution in [-0.2, 0) is 0 Å². The van der Waals surface area contributed by atoms with Crippen LogP contribution in [0.5, 0.6) is 11.5 Å². The molecule has 0 spiro atoms. The van der Waals surface area contributed by atoms with E-state index in [4.69, 9.17) is 4.74 Å². The highest BCUT2D eigenvalue weighted by Gasteiger charge is 2.14. The molecule has 0 unspecified atom stereocenters. The number of carbonyl (C=O) groups is 2. The second-order valence-electron chi connectivity index (χ2n) is 6.35. The van der Waals surface area contributed by atoms with Gasteiger partial charge in [0.25, 0.3) is 11.8 Å². The minimum atomic E-state index is -0.601. The Hall–Kier alpha value is -3.54. The highest BCUT2D eigenvalue weighted by atomic mass is 16.5. The van der Waals surface area contributed by atoms with Crippen molar-refractivity contribution in [3.8, 4) is 11.5 Å². The maximum atomic E-state index is 12.3. The molecule has 144 valence electrons. The van der Waals surface area contributed by atoms with Crippen molar-refractivity contribution >= 4 is 22.6 Å². The summed E-state index contributed by atoms with van der Waals surface area (Å²) in [5, 5.41) is 11.7. The van der Waals surface area contributed by atoms with Crippen molar-refractivity contribution in [2.75, 3.05) is 6.61 Å². The number of phenolic OH excluding ortho intramolecular Hbond substituents is 1. The number of aromatic hydroxyl groups is 1. The van der Waals surface area contributed by atoms with Crippen molar-refractivity contribution in [2.45, 2.75) is 19.8 Å². The summed E-state index contributed by atoms with van der Waals surface area (Å²) in [6.07, 6.45) is 2.02. The van der Waals surface area contributed by atoms with Gasteiger partial charge in [0.1, 0.15) is 11.5 Å². The fraction of sp³-hybridized carbons (Fsp3) is 0.182. The van der Waals surface area contributed by atoms with Crippen molar-refractivity contribution < 1.29 is 19.4 Å². The van der Waals surface area contributed by atoms with Crippen LogP contribution in [0.25, 0.3) is 10.8 Å². The topological polar surface area (TPSA) is 87.7 Å². The minimum absolute atomic E-state index is 0.0821. The number of unbranched alkanes of at least 4 members (excludes halogenated alkanes) is 1. The van der Waals surface area contributed by atoms with Crippen molar-refractivity contribution in [1.29, 1.82) is 0 Å². The zero-order valence-electron chi connectivity index (χ0n) is 15.6. The number of fused-ring (bicyclic) bond motifs is 1. The van der Waals surface area contributed by atoms with E-state index in [1.54, 1.807) is 30.3 Å². The van der Waals surface area contributed by atoms with Gasteiger partial charge >= 0.3 is 0 Å². The molecule has 28 heavy (non-hydrogen) atoms. The molecule has 0 fully saturated rings. The minimum Gasteiger partial charge on any atom is -0.507 e. The summed E-state index contributed by atoms with van der Waals surface area (Å²) in [5.74, 6) is -0.529. The quantitative estimate of drug-likeness (QED) is 0.450. The van der Waals surface area contributed by atoms with Gasteiger partial charge in [-0.25, -0.2) is 0 Å². The molecule has 0 aromatic heterocycles. The van der Waals surface area contributed by atoms with E-state index in [-0.39, 0.29) is 11.3 Å². The number of hydrogen-bond acceptors (Lipinski definition) is 4. The van der Waals surface area contributed by atoms with Gasteiger partial charge in [0, 0.05) is 5.56 Å². The van der Waals surface area contributed by atoms with E-state index in [2.05, 4.69) is 17.8 Å². The lowest BCUT2D eigenvalue weighted by atomic mass is 10.1. The standard InChI is InChI=1S/C22H22N2O4/c1-2-3-12-28-18-10-8-15(9-11-18)21(26)23-24-22(27)19-13-16-6-4-5-7-17(16)14-20(19)25/h4-11,13-14,25H,2-3,12H2,1H3,(H,23,26)(H,24,27). The van der Waals surface area contributed by atoms with Crippen LogP contribution in [0, 0.1) is 0 Å². The smallest absolute Gasteiger partial charge is 0.273 e. The average Bonchev–Trinajstić information content (AvgIpc) is 2.72. The van der Waals surface area contributed by atoms with E-state index >= 15 is 0 Å². The lowest BCUT2D eigenvalue weighted by Crippen LogP contribution is -2.41. The fourth-order valence-electron chi connectivity index (χ4n) is 2.70. The van der Waals surface area contributed by atoms with Gasteiger partial charge in [0.2, 0.25) is 0 Å². The first-order valence-electron chi connectivity index (χ1n) is 9.14. The predicted octanol–water partition coefficient (Wildman–Crippen LogP) is 3.80. The molecule has 3 rings (SSSR count). The number of carbonyl (C=O) groups excluding carboxylic acids is 2. The first-order chi connectivity index (χ1) is 13.6. The molecule has 0 radical (unpaired) electrons. The van der Waals surface area contributed by atoms with Crippen molar-refractivity contribution in [3.05, 3.63) is 71.8 Å². The molecule has 0 saturated heterocycles. The molecule has 6 nitrogen and oxygen atoms in total. The Balaban J connectivity index is 1.61. The van der Waals surface area contributed by atoms with E-state index in [1.165, 1.54) is 6.07 Å². The van der Waals surface area contributed by atoms with Crippen LogP contribution < -0.4 is 15.6 Å². The second kappa shape index (κ2) is 8.90. The zero-order valence-corrected chi connectivity index (χ0v) is 15.6. The third-order valence-corrected chi connectivity index (χ3v) is 4.28. The number of ether oxygens (including phenoxy) is 1. The van der Waals surface area contributed by atoms with E-state index in [1.807, 2.05) is 24.3 Å². The van der Waals surface area contributed by atoms with Crippen LogP contribution in [0.2, 0.25) is 0 Å². The van der Waals surface area contributed by atoms with Gasteiger partial charge < -0.3 is 9.84 Å². The molecule has 0 aliphatic heterocycles.